The molecule has 0 saturated carbocycles. The van der Waals surface area contributed by atoms with Crippen molar-refractivity contribution in [3.05, 3.63) is 28.7 Å². The second-order valence-corrected chi connectivity index (χ2v) is 8.04. The highest BCUT2D eigenvalue weighted by atomic mass is 32.2. The Morgan fingerprint density at radius 3 is 2.71 bits per heavy atom. The maximum absolute atomic E-state index is 13.1. The first-order chi connectivity index (χ1) is 11.4. The second kappa shape index (κ2) is 6.70. The summed E-state index contributed by atoms with van der Waals surface area (Å²) in [6.45, 7) is 4.12. The number of hydrogen-bond donors (Lipinski definition) is 1. The largest absolute Gasteiger partial charge is 0.419 e. The molecule has 1 aliphatic rings. The van der Waals surface area contributed by atoms with Gasteiger partial charge in [0.1, 0.15) is 0 Å². The number of aryl methyl sites for hydroxylation is 1. The average molecular weight is 353 g/mol. The maximum atomic E-state index is 13.1. The molecule has 2 aromatic rings. The first-order valence-corrected chi connectivity index (χ1v) is 9.71. The van der Waals surface area contributed by atoms with Crippen LogP contribution in [0.4, 0.5) is 0 Å². The minimum atomic E-state index is -3.62. The van der Waals surface area contributed by atoms with Crippen LogP contribution in [-0.4, -0.2) is 43.0 Å². The van der Waals surface area contributed by atoms with Gasteiger partial charge in [-0.05, 0) is 44.5 Å². The van der Waals surface area contributed by atoms with Gasteiger partial charge < -0.3 is 9.73 Å². The van der Waals surface area contributed by atoms with E-state index in [-0.39, 0.29) is 10.9 Å². The summed E-state index contributed by atoms with van der Waals surface area (Å²) in [5.74, 6) is -0.497. The molecule has 0 radical (unpaired) electrons. The van der Waals surface area contributed by atoms with E-state index < -0.39 is 15.8 Å². The van der Waals surface area contributed by atoms with Gasteiger partial charge in [0.2, 0.25) is 10.0 Å². The lowest BCUT2D eigenvalue weighted by atomic mass is 10.1. The molecule has 2 heterocycles. The Labute approximate surface area is 141 Å². The van der Waals surface area contributed by atoms with Crippen LogP contribution >= 0.6 is 0 Å². The molecule has 1 saturated heterocycles. The first-order valence-electron chi connectivity index (χ1n) is 8.27. The molecule has 0 spiro atoms. The van der Waals surface area contributed by atoms with Crippen LogP contribution in [0.1, 0.15) is 26.2 Å². The molecule has 0 atom stereocenters. The summed E-state index contributed by atoms with van der Waals surface area (Å²) in [5.41, 5.74) is 0.883. The molecule has 0 aliphatic carbocycles. The van der Waals surface area contributed by atoms with Gasteiger partial charge in [0.15, 0.2) is 5.58 Å². The third kappa shape index (κ3) is 3.01. The Morgan fingerprint density at radius 2 is 2.04 bits per heavy atom. The van der Waals surface area contributed by atoms with Crippen molar-refractivity contribution in [2.75, 3.05) is 19.6 Å². The molecule has 0 bridgehead atoms. The van der Waals surface area contributed by atoms with E-state index in [1.54, 1.807) is 23.5 Å². The normalized spacial score (nSPS) is 17.0. The van der Waals surface area contributed by atoms with E-state index in [4.69, 9.17) is 4.42 Å². The number of aromatic nitrogens is 1. The molecular formula is C16H23N3O4S. The van der Waals surface area contributed by atoms with Crippen molar-refractivity contribution in [1.29, 1.82) is 0 Å². The van der Waals surface area contributed by atoms with Crippen molar-refractivity contribution in [2.45, 2.75) is 37.1 Å². The quantitative estimate of drug-likeness (QED) is 0.875. The maximum Gasteiger partial charge on any atom is 0.419 e. The number of benzene rings is 1. The third-order valence-electron chi connectivity index (χ3n) is 4.53. The lowest BCUT2D eigenvalue weighted by Crippen LogP contribution is -2.46. The Morgan fingerprint density at radius 1 is 1.33 bits per heavy atom. The molecule has 24 heavy (non-hydrogen) atoms. The van der Waals surface area contributed by atoms with Crippen LogP contribution in [0.15, 0.2) is 32.3 Å². The minimum Gasteiger partial charge on any atom is -0.408 e. The van der Waals surface area contributed by atoms with Gasteiger partial charge in [-0.1, -0.05) is 6.92 Å². The lowest BCUT2D eigenvalue weighted by molar-refractivity contribution is 0.262. The van der Waals surface area contributed by atoms with Crippen molar-refractivity contribution in [2.24, 2.45) is 7.05 Å². The van der Waals surface area contributed by atoms with E-state index >= 15 is 0 Å². The van der Waals surface area contributed by atoms with Crippen molar-refractivity contribution in [1.82, 2.24) is 14.2 Å². The van der Waals surface area contributed by atoms with Gasteiger partial charge in [-0.25, -0.2) is 13.2 Å². The van der Waals surface area contributed by atoms with E-state index in [9.17, 15) is 13.2 Å². The SMILES string of the molecule is CCCN(C1CCNCC1)S(=O)(=O)c1ccc2c(c1)oc(=O)n2C. The van der Waals surface area contributed by atoms with Crippen molar-refractivity contribution >= 4 is 21.1 Å². The molecule has 1 aliphatic heterocycles. The first kappa shape index (κ1) is 17.2. The van der Waals surface area contributed by atoms with Crippen molar-refractivity contribution in [3.63, 3.8) is 0 Å². The van der Waals surface area contributed by atoms with Crippen LogP contribution in [0.3, 0.4) is 0 Å². The number of hydrogen-bond acceptors (Lipinski definition) is 5. The number of oxazole rings is 1. The summed E-state index contributed by atoms with van der Waals surface area (Å²) in [5, 5.41) is 3.26. The van der Waals surface area contributed by atoms with Gasteiger partial charge in [-0.3, -0.25) is 4.57 Å². The molecule has 8 heteroatoms. The molecule has 0 amide bonds. The summed E-state index contributed by atoms with van der Waals surface area (Å²) in [7, 11) is -2.03. The highest BCUT2D eigenvalue weighted by Crippen LogP contribution is 2.25. The highest BCUT2D eigenvalue weighted by Gasteiger charge is 2.32. The van der Waals surface area contributed by atoms with E-state index in [1.165, 1.54) is 10.6 Å². The number of sulfonamides is 1. The number of rotatable bonds is 5. The van der Waals surface area contributed by atoms with E-state index in [2.05, 4.69) is 5.32 Å². The molecular weight excluding hydrogens is 330 g/mol. The molecule has 1 aromatic heterocycles. The Bertz CT molecular complexity index is 878. The summed E-state index contributed by atoms with van der Waals surface area (Å²) >= 11 is 0. The summed E-state index contributed by atoms with van der Waals surface area (Å²) in [6, 6.07) is 4.64. The number of nitrogens with one attached hydrogen (secondary N) is 1. The molecule has 0 unspecified atom stereocenters. The summed E-state index contributed by atoms with van der Waals surface area (Å²) in [6.07, 6.45) is 2.37. The molecule has 7 nitrogen and oxygen atoms in total. The van der Waals surface area contributed by atoms with Crippen LogP contribution in [-0.2, 0) is 17.1 Å². The van der Waals surface area contributed by atoms with E-state index in [1.807, 2.05) is 6.92 Å². The third-order valence-corrected chi connectivity index (χ3v) is 6.48. The van der Waals surface area contributed by atoms with Gasteiger partial charge in [0.05, 0.1) is 10.4 Å². The fourth-order valence-corrected chi connectivity index (χ4v) is 5.02. The predicted octanol–water partition coefficient (Wildman–Crippen LogP) is 1.28. The lowest BCUT2D eigenvalue weighted by Gasteiger charge is -2.33. The zero-order valence-corrected chi connectivity index (χ0v) is 14.8. The zero-order valence-electron chi connectivity index (χ0n) is 14.0. The Balaban J connectivity index is 2.01. The van der Waals surface area contributed by atoms with Gasteiger partial charge in [0, 0.05) is 25.7 Å². The van der Waals surface area contributed by atoms with Gasteiger partial charge in [0.25, 0.3) is 0 Å². The van der Waals surface area contributed by atoms with Crippen LogP contribution in [0.2, 0.25) is 0 Å². The van der Waals surface area contributed by atoms with Crippen molar-refractivity contribution in [3.8, 4) is 0 Å². The standard InChI is InChI=1S/C16H23N3O4S/c1-3-10-19(12-6-8-17-9-7-12)24(21,22)13-4-5-14-15(11-13)23-16(20)18(14)2/h4-5,11-12,17H,3,6-10H2,1-2H3. The topological polar surface area (TPSA) is 84.6 Å². The highest BCUT2D eigenvalue weighted by molar-refractivity contribution is 7.89. The second-order valence-electron chi connectivity index (χ2n) is 6.15. The fourth-order valence-electron chi connectivity index (χ4n) is 3.22. The Kier molecular flexibility index (Phi) is 4.80. The van der Waals surface area contributed by atoms with Gasteiger partial charge in [-0.2, -0.15) is 4.31 Å². The monoisotopic (exact) mass is 353 g/mol. The van der Waals surface area contributed by atoms with Gasteiger partial charge >= 0.3 is 5.76 Å². The predicted molar refractivity (Wildman–Crippen MR) is 91.5 cm³/mol. The molecule has 1 fully saturated rings. The molecule has 132 valence electrons. The van der Waals surface area contributed by atoms with E-state index in [0.29, 0.717) is 17.6 Å². The summed E-state index contributed by atoms with van der Waals surface area (Å²) in [4.78, 5) is 11.8. The molecule has 1 aromatic carbocycles. The van der Waals surface area contributed by atoms with Crippen LogP contribution in [0.25, 0.3) is 11.1 Å². The van der Waals surface area contributed by atoms with Gasteiger partial charge in [-0.15, -0.1) is 0 Å². The fraction of sp³-hybridized carbons (Fsp3) is 0.562. The van der Waals surface area contributed by atoms with Crippen molar-refractivity contribution < 1.29 is 12.8 Å². The Hall–Kier alpha value is -1.64. The van der Waals surface area contributed by atoms with Crippen LogP contribution in [0.5, 0.6) is 0 Å². The summed E-state index contributed by atoms with van der Waals surface area (Å²) < 4.78 is 34.4. The zero-order chi connectivity index (χ0) is 17.3. The van der Waals surface area contributed by atoms with Crippen LogP contribution in [0, 0.1) is 0 Å². The molecule has 1 N–H and O–H groups in total. The average Bonchev–Trinajstić information content (AvgIpc) is 2.87. The minimum absolute atomic E-state index is 0.00896. The molecule has 3 rings (SSSR count). The smallest absolute Gasteiger partial charge is 0.408 e. The van der Waals surface area contributed by atoms with E-state index in [0.717, 1.165) is 32.4 Å². The number of fused-ring (bicyclic) bond motifs is 1. The number of piperidine rings is 1. The van der Waals surface area contributed by atoms with Crippen LogP contribution < -0.4 is 11.1 Å². The number of nitrogens with zero attached hydrogens (tertiary/aromatic N) is 2.